The highest BCUT2D eigenvalue weighted by molar-refractivity contribution is 5.80. The van der Waals surface area contributed by atoms with E-state index in [1.807, 2.05) is 49.5 Å². The maximum absolute atomic E-state index is 12.0. The van der Waals surface area contributed by atoms with Crippen LogP contribution in [0.4, 0.5) is 0 Å². The summed E-state index contributed by atoms with van der Waals surface area (Å²) in [7, 11) is 3.49. The molecule has 6 nitrogen and oxygen atoms in total. The first-order valence-corrected chi connectivity index (χ1v) is 9.11. The highest BCUT2D eigenvalue weighted by Crippen LogP contribution is 2.29. The van der Waals surface area contributed by atoms with E-state index in [4.69, 9.17) is 14.5 Å². The molecule has 1 fully saturated rings. The molecule has 0 spiro atoms. The predicted molar refractivity (Wildman–Crippen MR) is 103 cm³/mol. The van der Waals surface area contributed by atoms with Crippen LogP contribution in [0.1, 0.15) is 18.2 Å². The van der Waals surface area contributed by atoms with Gasteiger partial charge in [-0.05, 0) is 36.4 Å². The molecule has 2 aromatic carbocycles. The van der Waals surface area contributed by atoms with E-state index in [-0.39, 0.29) is 11.8 Å². The quantitative estimate of drug-likeness (QED) is 0.674. The number of para-hydroxylation sites is 2. The van der Waals surface area contributed by atoms with Gasteiger partial charge in [-0.3, -0.25) is 4.79 Å². The second-order valence-electron chi connectivity index (χ2n) is 6.81. The van der Waals surface area contributed by atoms with E-state index >= 15 is 0 Å². The van der Waals surface area contributed by atoms with E-state index in [1.54, 1.807) is 12.0 Å². The van der Waals surface area contributed by atoms with Crippen molar-refractivity contribution >= 4 is 16.9 Å². The van der Waals surface area contributed by atoms with Gasteiger partial charge in [-0.2, -0.15) is 0 Å². The zero-order chi connectivity index (χ0) is 18.8. The van der Waals surface area contributed by atoms with Gasteiger partial charge in [-0.25, -0.2) is 4.98 Å². The van der Waals surface area contributed by atoms with Gasteiger partial charge in [-0.15, -0.1) is 0 Å². The summed E-state index contributed by atoms with van der Waals surface area (Å²) < 4.78 is 13.3. The van der Waals surface area contributed by atoms with E-state index in [2.05, 4.69) is 10.6 Å². The lowest BCUT2D eigenvalue weighted by atomic mass is 10.1. The number of fused-ring (bicyclic) bond motifs is 1. The SMILES string of the molecule is COc1ccc(OCCn2c([C@H]3CC(=O)N(C)C3)nc3ccccc32)cc1. The highest BCUT2D eigenvalue weighted by atomic mass is 16.5. The van der Waals surface area contributed by atoms with Crippen molar-refractivity contribution in [2.24, 2.45) is 0 Å². The van der Waals surface area contributed by atoms with Gasteiger partial charge in [0.2, 0.25) is 5.91 Å². The van der Waals surface area contributed by atoms with Crippen LogP contribution < -0.4 is 9.47 Å². The zero-order valence-corrected chi connectivity index (χ0v) is 15.6. The molecule has 27 heavy (non-hydrogen) atoms. The number of rotatable bonds is 6. The number of likely N-dealkylation sites (N-methyl/N-ethyl adjacent to an activating group) is 1. The maximum Gasteiger partial charge on any atom is 0.223 e. The number of methoxy groups -OCH3 is 1. The van der Waals surface area contributed by atoms with Crippen LogP contribution in [0, 0.1) is 0 Å². The lowest BCUT2D eigenvalue weighted by molar-refractivity contribution is -0.126. The number of imidazole rings is 1. The Morgan fingerprint density at radius 3 is 2.56 bits per heavy atom. The number of carbonyl (C=O) groups excluding carboxylic acids is 1. The standard InChI is InChI=1S/C21H23N3O3/c1-23-14-15(13-20(23)25)21-22-18-5-3-4-6-19(18)24(21)11-12-27-17-9-7-16(26-2)8-10-17/h3-10,15H,11-14H2,1-2H3/t15-/m0/s1. The van der Waals surface area contributed by atoms with Crippen molar-refractivity contribution in [3.05, 3.63) is 54.4 Å². The average Bonchev–Trinajstić information content (AvgIpc) is 3.22. The van der Waals surface area contributed by atoms with Gasteiger partial charge in [-0.1, -0.05) is 12.1 Å². The largest absolute Gasteiger partial charge is 0.497 e. The molecule has 1 aromatic heterocycles. The van der Waals surface area contributed by atoms with Crippen molar-refractivity contribution in [2.75, 3.05) is 27.3 Å². The minimum atomic E-state index is 0.121. The Morgan fingerprint density at radius 2 is 1.85 bits per heavy atom. The number of ether oxygens (including phenoxy) is 2. The molecule has 0 saturated carbocycles. The second kappa shape index (κ2) is 7.31. The fraction of sp³-hybridized carbons (Fsp3) is 0.333. The van der Waals surface area contributed by atoms with Gasteiger partial charge in [0.1, 0.15) is 23.9 Å². The van der Waals surface area contributed by atoms with Crippen LogP contribution >= 0.6 is 0 Å². The van der Waals surface area contributed by atoms with Crippen LogP contribution in [-0.2, 0) is 11.3 Å². The van der Waals surface area contributed by atoms with Crippen molar-refractivity contribution in [2.45, 2.75) is 18.9 Å². The zero-order valence-electron chi connectivity index (χ0n) is 15.6. The van der Waals surface area contributed by atoms with Crippen molar-refractivity contribution in [3.63, 3.8) is 0 Å². The lowest BCUT2D eigenvalue weighted by Gasteiger charge is -2.14. The number of carbonyl (C=O) groups is 1. The van der Waals surface area contributed by atoms with Crippen LogP contribution in [-0.4, -0.2) is 47.7 Å². The number of hydrogen-bond acceptors (Lipinski definition) is 4. The molecule has 1 atom stereocenters. The molecule has 0 N–H and O–H groups in total. The van der Waals surface area contributed by atoms with Gasteiger partial charge in [0, 0.05) is 25.9 Å². The fourth-order valence-electron chi connectivity index (χ4n) is 3.60. The summed E-state index contributed by atoms with van der Waals surface area (Å²) in [5.74, 6) is 2.87. The van der Waals surface area contributed by atoms with Crippen LogP contribution in [0.15, 0.2) is 48.5 Å². The fourth-order valence-corrected chi connectivity index (χ4v) is 3.60. The molecule has 140 valence electrons. The van der Waals surface area contributed by atoms with E-state index in [0.717, 1.165) is 28.4 Å². The second-order valence-corrected chi connectivity index (χ2v) is 6.81. The normalized spacial score (nSPS) is 16.9. The molecule has 0 unspecified atom stereocenters. The number of aromatic nitrogens is 2. The Morgan fingerprint density at radius 1 is 1.11 bits per heavy atom. The molecule has 1 aliphatic heterocycles. The molecular formula is C21H23N3O3. The molecule has 3 aromatic rings. The van der Waals surface area contributed by atoms with Crippen LogP contribution in [0.2, 0.25) is 0 Å². The first-order chi connectivity index (χ1) is 13.2. The molecular weight excluding hydrogens is 342 g/mol. The maximum atomic E-state index is 12.0. The molecule has 0 radical (unpaired) electrons. The summed E-state index contributed by atoms with van der Waals surface area (Å²) in [5, 5.41) is 0. The molecule has 1 amide bonds. The smallest absolute Gasteiger partial charge is 0.223 e. The van der Waals surface area contributed by atoms with Gasteiger partial charge in [0.05, 0.1) is 24.7 Å². The molecule has 1 aliphatic rings. The highest BCUT2D eigenvalue weighted by Gasteiger charge is 2.31. The summed E-state index contributed by atoms with van der Waals surface area (Å²) in [6, 6.07) is 15.6. The van der Waals surface area contributed by atoms with Crippen LogP contribution in [0.3, 0.4) is 0 Å². The summed E-state index contributed by atoms with van der Waals surface area (Å²) in [4.78, 5) is 18.6. The minimum absolute atomic E-state index is 0.121. The first kappa shape index (κ1) is 17.4. The van der Waals surface area contributed by atoms with E-state index in [9.17, 15) is 4.79 Å². The van der Waals surface area contributed by atoms with Crippen molar-refractivity contribution in [3.8, 4) is 11.5 Å². The summed E-state index contributed by atoms with van der Waals surface area (Å²) in [6.45, 7) is 1.91. The van der Waals surface area contributed by atoms with E-state index in [0.29, 0.717) is 26.1 Å². The number of likely N-dealkylation sites (tertiary alicyclic amines) is 1. The van der Waals surface area contributed by atoms with Crippen molar-refractivity contribution in [1.82, 2.24) is 14.5 Å². The molecule has 2 heterocycles. The van der Waals surface area contributed by atoms with Gasteiger partial charge < -0.3 is 18.9 Å². The average molecular weight is 365 g/mol. The Labute approximate surface area is 158 Å². The Kier molecular flexibility index (Phi) is 4.71. The van der Waals surface area contributed by atoms with Gasteiger partial charge >= 0.3 is 0 Å². The third-order valence-electron chi connectivity index (χ3n) is 5.03. The monoisotopic (exact) mass is 365 g/mol. The van der Waals surface area contributed by atoms with Crippen LogP contribution in [0.25, 0.3) is 11.0 Å². The first-order valence-electron chi connectivity index (χ1n) is 9.11. The summed E-state index contributed by atoms with van der Waals surface area (Å²) in [5.41, 5.74) is 2.03. The Hall–Kier alpha value is -3.02. The molecule has 0 bridgehead atoms. The third kappa shape index (κ3) is 3.47. The van der Waals surface area contributed by atoms with Gasteiger partial charge in [0.15, 0.2) is 0 Å². The predicted octanol–water partition coefficient (Wildman–Crippen LogP) is 3.07. The molecule has 0 aliphatic carbocycles. The lowest BCUT2D eigenvalue weighted by Crippen LogP contribution is -2.19. The number of benzene rings is 2. The topological polar surface area (TPSA) is 56.6 Å². The third-order valence-corrected chi connectivity index (χ3v) is 5.03. The van der Waals surface area contributed by atoms with E-state index in [1.165, 1.54) is 0 Å². The van der Waals surface area contributed by atoms with Crippen molar-refractivity contribution < 1.29 is 14.3 Å². The number of hydrogen-bond donors (Lipinski definition) is 0. The Balaban J connectivity index is 1.54. The summed E-state index contributed by atoms with van der Waals surface area (Å²) in [6.07, 6.45) is 0.513. The van der Waals surface area contributed by atoms with Gasteiger partial charge in [0.25, 0.3) is 0 Å². The van der Waals surface area contributed by atoms with Crippen molar-refractivity contribution in [1.29, 1.82) is 0 Å². The summed E-state index contributed by atoms with van der Waals surface area (Å²) >= 11 is 0. The Bertz CT molecular complexity index is 949. The van der Waals surface area contributed by atoms with Crippen LogP contribution in [0.5, 0.6) is 11.5 Å². The molecule has 6 heteroatoms. The molecule has 4 rings (SSSR count). The minimum Gasteiger partial charge on any atom is -0.497 e. The number of amides is 1. The van der Waals surface area contributed by atoms with E-state index < -0.39 is 0 Å². The molecule has 1 saturated heterocycles. The number of nitrogens with zero attached hydrogens (tertiary/aromatic N) is 3.